The summed E-state index contributed by atoms with van der Waals surface area (Å²) in [5.74, 6) is 0.279. The molecular formula is C18H25NO5. The molecule has 0 fully saturated rings. The van der Waals surface area contributed by atoms with Gasteiger partial charge in [0.25, 0.3) is 0 Å². The van der Waals surface area contributed by atoms with E-state index in [0.29, 0.717) is 24.5 Å². The van der Waals surface area contributed by atoms with Crippen molar-refractivity contribution in [2.24, 2.45) is 0 Å². The van der Waals surface area contributed by atoms with E-state index in [0.717, 1.165) is 17.5 Å². The highest BCUT2D eigenvalue weighted by atomic mass is 16.6. The summed E-state index contributed by atoms with van der Waals surface area (Å²) < 4.78 is 16.1. The normalized spacial score (nSPS) is 16.6. The minimum Gasteiger partial charge on any atom is -0.478 e. The van der Waals surface area contributed by atoms with Crippen LogP contribution in [-0.4, -0.2) is 30.4 Å². The topological polar surface area (TPSA) is 73.9 Å². The number of rotatable bonds is 3. The third kappa shape index (κ3) is 4.40. The molecule has 1 heterocycles. The maximum atomic E-state index is 12.0. The number of carbonyl (C=O) groups excluding carboxylic acids is 2. The van der Waals surface area contributed by atoms with Gasteiger partial charge in [0.2, 0.25) is 0 Å². The van der Waals surface area contributed by atoms with Crippen LogP contribution >= 0.6 is 0 Å². The molecule has 1 aromatic carbocycles. The van der Waals surface area contributed by atoms with Gasteiger partial charge in [-0.15, -0.1) is 0 Å². The molecule has 1 aliphatic rings. The number of nitrogens with one attached hydrogen (secondary N) is 1. The van der Waals surface area contributed by atoms with Crippen molar-refractivity contribution in [1.82, 2.24) is 0 Å². The Morgan fingerprint density at radius 2 is 2.04 bits per heavy atom. The Kier molecular flexibility index (Phi) is 5.36. The first kappa shape index (κ1) is 18.1. The number of carbonyl (C=O) groups is 2. The van der Waals surface area contributed by atoms with Crippen molar-refractivity contribution in [3.05, 3.63) is 23.3 Å². The van der Waals surface area contributed by atoms with Gasteiger partial charge in [0.05, 0.1) is 12.3 Å². The smallest absolute Gasteiger partial charge is 0.412 e. The molecule has 0 bridgehead atoms. The van der Waals surface area contributed by atoms with Gasteiger partial charge in [0.15, 0.2) is 6.10 Å². The maximum absolute atomic E-state index is 12.0. The number of ether oxygens (including phenoxy) is 3. The second-order valence-corrected chi connectivity index (χ2v) is 6.75. The van der Waals surface area contributed by atoms with E-state index < -0.39 is 17.8 Å². The zero-order chi connectivity index (χ0) is 17.9. The van der Waals surface area contributed by atoms with Gasteiger partial charge in [-0.1, -0.05) is 6.07 Å². The molecule has 1 aliphatic heterocycles. The summed E-state index contributed by atoms with van der Waals surface area (Å²) in [6.45, 7) is 9.35. The van der Waals surface area contributed by atoms with Gasteiger partial charge in [-0.2, -0.15) is 0 Å². The maximum Gasteiger partial charge on any atom is 0.412 e. The largest absolute Gasteiger partial charge is 0.478 e. The number of esters is 1. The summed E-state index contributed by atoms with van der Waals surface area (Å²) in [5.41, 5.74) is 1.82. The standard InChI is InChI=1S/C18H25NO5/c1-6-22-16(20)14-10-8-12-7-9-13(11(2)15(12)23-14)19-17(21)24-18(3,4)5/h7,9,14H,6,8,10H2,1-5H3,(H,19,21). The lowest BCUT2D eigenvalue weighted by Gasteiger charge is -2.27. The number of hydrogen-bond acceptors (Lipinski definition) is 5. The first-order valence-electron chi connectivity index (χ1n) is 8.17. The SMILES string of the molecule is CCOC(=O)C1CCc2ccc(NC(=O)OC(C)(C)C)c(C)c2O1. The molecule has 0 saturated carbocycles. The van der Waals surface area contributed by atoms with E-state index >= 15 is 0 Å². The van der Waals surface area contributed by atoms with Crippen molar-refractivity contribution in [2.75, 3.05) is 11.9 Å². The molecule has 1 N–H and O–H groups in total. The number of aryl methyl sites for hydroxylation is 1. The number of anilines is 1. The molecule has 24 heavy (non-hydrogen) atoms. The van der Waals surface area contributed by atoms with Gasteiger partial charge in [0.1, 0.15) is 11.4 Å². The molecule has 1 amide bonds. The van der Waals surface area contributed by atoms with Crippen molar-refractivity contribution in [1.29, 1.82) is 0 Å². The van der Waals surface area contributed by atoms with Gasteiger partial charge in [-0.3, -0.25) is 5.32 Å². The van der Waals surface area contributed by atoms with Crippen LogP contribution in [0.15, 0.2) is 12.1 Å². The Bertz CT molecular complexity index is 633. The molecule has 6 heteroatoms. The van der Waals surface area contributed by atoms with Crippen molar-refractivity contribution >= 4 is 17.7 Å². The molecule has 0 aromatic heterocycles. The fourth-order valence-electron chi connectivity index (χ4n) is 2.55. The lowest BCUT2D eigenvalue weighted by Crippen LogP contribution is -2.33. The Morgan fingerprint density at radius 1 is 1.33 bits per heavy atom. The molecule has 2 rings (SSSR count). The summed E-state index contributed by atoms with van der Waals surface area (Å²) in [6, 6.07) is 3.72. The highest BCUT2D eigenvalue weighted by molar-refractivity contribution is 5.87. The van der Waals surface area contributed by atoms with E-state index in [-0.39, 0.29) is 5.97 Å². The zero-order valence-electron chi connectivity index (χ0n) is 14.9. The number of fused-ring (bicyclic) bond motifs is 1. The van der Waals surface area contributed by atoms with Crippen LogP contribution in [0.4, 0.5) is 10.5 Å². The Morgan fingerprint density at radius 3 is 2.67 bits per heavy atom. The average molecular weight is 335 g/mol. The van der Waals surface area contributed by atoms with E-state index in [1.807, 2.05) is 19.1 Å². The molecule has 0 aliphatic carbocycles. The first-order valence-corrected chi connectivity index (χ1v) is 8.17. The van der Waals surface area contributed by atoms with Crippen LogP contribution in [-0.2, 0) is 20.7 Å². The second kappa shape index (κ2) is 7.11. The van der Waals surface area contributed by atoms with Gasteiger partial charge in [-0.25, -0.2) is 9.59 Å². The van der Waals surface area contributed by atoms with Gasteiger partial charge in [0, 0.05) is 5.56 Å². The molecule has 132 valence electrons. The van der Waals surface area contributed by atoms with Gasteiger partial charge >= 0.3 is 12.1 Å². The molecule has 1 unspecified atom stereocenters. The van der Waals surface area contributed by atoms with Crippen LogP contribution in [0, 0.1) is 6.92 Å². The van der Waals surface area contributed by atoms with Gasteiger partial charge < -0.3 is 14.2 Å². The van der Waals surface area contributed by atoms with E-state index in [9.17, 15) is 9.59 Å². The predicted octanol–water partition coefficient (Wildman–Crippen LogP) is 3.60. The molecule has 1 atom stereocenters. The third-order valence-electron chi connectivity index (χ3n) is 3.61. The molecule has 0 saturated heterocycles. The molecule has 1 aromatic rings. The number of hydrogen-bond donors (Lipinski definition) is 1. The number of benzene rings is 1. The zero-order valence-corrected chi connectivity index (χ0v) is 14.9. The Labute approximate surface area is 142 Å². The van der Waals surface area contributed by atoms with Gasteiger partial charge in [-0.05, 0) is 59.1 Å². The molecule has 0 spiro atoms. The fourth-order valence-corrected chi connectivity index (χ4v) is 2.55. The lowest BCUT2D eigenvalue weighted by molar-refractivity contribution is -0.152. The number of amides is 1. The van der Waals surface area contributed by atoms with Crippen LogP contribution in [0.2, 0.25) is 0 Å². The van der Waals surface area contributed by atoms with E-state index in [1.54, 1.807) is 27.7 Å². The van der Waals surface area contributed by atoms with Crippen molar-refractivity contribution in [3.63, 3.8) is 0 Å². The van der Waals surface area contributed by atoms with Crippen LogP contribution in [0.5, 0.6) is 5.75 Å². The van der Waals surface area contributed by atoms with E-state index in [2.05, 4.69) is 5.32 Å². The lowest BCUT2D eigenvalue weighted by atomic mass is 9.98. The quantitative estimate of drug-likeness (QED) is 0.854. The van der Waals surface area contributed by atoms with E-state index in [4.69, 9.17) is 14.2 Å². The minimum atomic E-state index is -0.604. The Hall–Kier alpha value is -2.24. The van der Waals surface area contributed by atoms with Crippen molar-refractivity contribution < 1.29 is 23.8 Å². The average Bonchev–Trinajstić information content (AvgIpc) is 2.48. The van der Waals surface area contributed by atoms with Crippen LogP contribution < -0.4 is 10.1 Å². The van der Waals surface area contributed by atoms with Crippen LogP contribution in [0.25, 0.3) is 0 Å². The molecule has 0 radical (unpaired) electrons. The minimum absolute atomic E-state index is 0.324. The summed E-state index contributed by atoms with van der Waals surface area (Å²) in [6.07, 6.45) is 0.187. The second-order valence-electron chi connectivity index (χ2n) is 6.75. The Balaban J connectivity index is 2.16. The molecular weight excluding hydrogens is 310 g/mol. The summed E-state index contributed by atoms with van der Waals surface area (Å²) in [5, 5.41) is 2.73. The predicted molar refractivity (Wildman–Crippen MR) is 90.4 cm³/mol. The monoisotopic (exact) mass is 335 g/mol. The highest BCUT2D eigenvalue weighted by Crippen LogP contribution is 2.35. The fraction of sp³-hybridized carbons (Fsp3) is 0.556. The molecule has 6 nitrogen and oxygen atoms in total. The summed E-state index contributed by atoms with van der Waals surface area (Å²) in [4.78, 5) is 23.9. The van der Waals surface area contributed by atoms with E-state index in [1.165, 1.54) is 0 Å². The van der Waals surface area contributed by atoms with Crippen molar-refractivity contribution in [3.8, 4) is 5.75 Å². The summed E-state index contributed by atoms with van der Waals surface area (Å²) >= 11 is 0. The van der Waals surface area contributed by atoms with Crippen LogP contribution in [0.1, 0.15) is 45.2 Å². The third-order valence-corrected chi connectivity index (χ3v) is 3.61. The summed E-state index contributed by atoms with van der Waals surface area (Å²) in [7, 11) is 0. The first-order chi connectivity index (χ1) is 11.2. The van der Waals surface area contributed by atoms with Crippen LogP contribution in [0.3, 0.4) is 0 Å². The van der Waals surface area contributed by atoms with Crippen molar-refractivity contribution in [2.45, 2.75) is 59.2 Å². The highest BCUT2D eigenvalue weighted by Gasteiger charge is 2.29.